The Labute approximate surface area is 106 Å². The molecule has 1 aromatic carbocycles. The maximum absolute atomic E-state index is 13.5. The minimum Gasteiger partial charge on any atom is -0.335 e. The van der Waals surface area contributed by atoms with Gasteiger partial charge in [0.1, 0.15) is 5.82 Å². The normalized spacial score (nSPS) is 10.1. The van der Waals surface area contributed by atoms with Gasteiger partial charge in [0.05, 0.1) is 5.56 Å². The minimum absolute atomic E-state index is 0.00722. The molecule has 1 rings (SSSR count). The summed E-state index contributed by atoms with van der Waals surface area (Å²) in [6.45, 7) is 6.51. The smallest absolute Gasteiger partial charge is 0.257 e. The van der Waals surface area contributed by atoms with Gasteiger partial charge in [-0.3, -0.25) is 4.79 Å². The van der Waals surface area contributed by atoms with E-state index in [2.05, 4.69) is 6.58 Å². The van der Waals surface area contributed by atoms with Crippen LogP contribution in [0.4, 0.5) is 4.39 Å². The predicted octanol–water partition coefficient (Wildman–Crippen LogP) is 3.52. The Morgan fingerprint density at radius 1 is 1.59 bits per heavy atom. The van der Waals surface area contributed by atoms with E-state index >= 15 is 0 Å². The second-order valence-electron chi connectivity index (χ2n) is 3.66. The number of carbonyl (C=O) groups excluding carboxylic acids is 1. The second-order valence-corrected chi connectivity index (χ2v) is 4.10. The topological polar surface area (TPSA) is 20.3 Å². The molecule has 0 bridgehead atoms. The Hall–Kier alpha value is -1.35. The van der Waals surface area contributed by atoms with Crippen LogP contribution >= 0.6 is 11.6 Å². The average molecular weight is 256 g/mol. The zero-order valence-electron chi connectivity index (χ0n) is 9.75. The lowest BCUT2D eigenvalue weighted by Crippen LogP contribution is -2.32. The molecule has 0 atom stereocenters. The summed E-state index contributed by atoms with van der Waals surface area (Å²) in [6, 6.07) is 3.98. The van der Waals surface area contributed by atoms with Crippen molar-refractivity contribution < 1.29 is 9.18 Å². The molecule has 0 fully saturated rings. The fourth-order valence-electron chi connectivity index (χ4n) is 1.53. The summed E-state index contributed by atoms with van der Waals surface area (Å²) in [5.74, 6) is -0.906. The molecule has 0 saturated carbocycles. The van der Waals surface area contributed by atoms with E-state index in [1.165, 1.54) is 18.2 Å². The van der Waals surface area contributed by atoms with E-state index < -0.39 is 5.82 Å². The Balaban J connectivity index is 2.99. The SMILES string of the molecule is C=CCN(CCC)C(=O)c1cc(Cl)ccc1F. The molecule has 0 aliphatic rings. The largest absolute Gasteiger partial charge is 0.335 e. The summed E-state index contributed by atoms with van der Waals surface area (Å²) in [5.41, 5.74) is 0.00722. The Kier molecular flexibility index (Phi) is 5.16. The molecule has 0 heterocycles. The Morgan fingerprint density at radius 3 is 2.88 bits per heavy atom. The highest BCUT2D eigenvalue weighted by molar-refractivity contribution is 6.31. The van der Waals surface area contributed by atoms with E-state index in [1.807, 2.05) is 6.92 Å². The summed E-state index contributed by atoms with van der Waals surface area (Å²) in [4.78, 5) is 13.6. The van der Waals surface area contributed by atoms with E-state index in [-0.39, 0.29) is 11.5 Å². The van der Waals surface area contributed by atoms with Crippen LogP contribution in [0.2, 0.25) is 5.02 Å². The summed E-state index contributed by atoms with van der Waals surface area (Å²) in [7, 11) is 0. The lowest BCUT2D eigenvalue weighted by molar-refractivity contribution is 0.0769. The first kappa shape index (κ1) is 13.7. The van der Waals surface area contributed by atoms with Crippen LogP contribution in [0.1, 0.15) is 23.7 Å². The van der Waals surface area contributed by atoms with Gasteiger partial charge in [-0.15, -0.1) is 6.58 Å². The standard InChI is InChI=1S/C13H15ClFNO/c1-3-7-16(8-4-2)13(17)11-9-10(14)5-6-12(11)15/h3,5-6,9H,1,4,7-8H2,2H3. The van der Waals surface area contributed by atoms with Crippen molar-refractivity contribution in [3.63, 3.8) is 0 Å². The zero-order valence-corrected chi connectivity index (χ0v) is 10.5. The number of hydrogen-bond donors (Lipinski definition) is 0. The van der Waals surface area contributed by atoms with Gasteiger partial charge in [-0.25, -0.2) is 4.39 Å². The number of amides is 1. The maximum Gasteiger partial charge on any atom is 0.257 e. The van der Waals surface area contributed by atoms with Crippen LogP contribution in [0, 0.1) is 5.82 Å². The molecule has 0 unspecified atom stereocenters. The number of halogens is 2. The van der Waals surface area contributed by atoms with Crippen LogP contribution in [0.5, 0.6) is 0 Å². The predicted molar refractivity (Wildman–Crippen MR) is 67.8 cm³/mol. The first-order valence-electron chi connectivity index (χ1n) is 5.45. The molecule has 0 aliphatic heterocycles. The van der Waals surface area contributed by atoms with Crippen LogP contribution in [0.25, 0.3) is 0 Å². The minimum atomic E-state index is -0.551. The van der Waals surface area contributed by atoms with Crippen molar-refractivity contribution in [1.29, 1.82) is 0 Å². The molecular formula is C13H15ClFNO. The van der Waals surface area contributed by atoms with E-state index in [1.54, 1.807) is 11.0 Å². The van der Waals surface area contributed by atoms with Gasteiger partial charge in [0, 0.05) is 18.1 Å². The molecule has 0 saturated heterocycles. The first-order valence-corrected chi connectivity index (χ1v) is 5.83. The maximum atomic E-state index is 13.5. The molecule has 17 heavy (non-hydrogen) atoms. The van der Waals surface area contributed by atoms with Crippen molar-refractivity contribution in [1.82, 2.24) is 4.90 Å². The molecular weight excluding hydrogens is 241 g/mol. The number of carbonyl (C=O) groups is 1. The highest BCUT2D eigenvalue weighted by atomic mass is 35.5. The summed E-state index contributed by atoms with van der Waals surface area (Å²) < 4.78 is 13.5. The number of rotatable bonds is 5. The van der Waals surface area contributed by atoms with Crippen LogP contribution in [-0.2, 0) is 0 Å². The van der Waals surface area contributed by atoms with Crippen molar-refractivity contribution in [3.8, 4) is 0 Å². The van der Waals surface area contributed by atoms with Gasteiger partial charge in [0.15, 0.2) is 0 Å². The van der Waals surface area contributed by atoms with Crippen LogP contribution in [-0.4, -0.2) is 23.9 Å². The molecule has 2 nitrogen and oxygen atoms in total. The lowest BCUT2D eigenvalue weighted by atomic mass is 10.1. The van der Waals surface area contributed by atoms with Gasteiger partial charge in [0.25, 0.3) is 5.91 Å². The number of nitrogens with zero attached hydrogens (tertiary/aromatic N) is 1. The van der Waals surface area contributed by atoms with Crippen LogP contribution < -0.4 is 0 Å². The van der Waals surface area contributed by atoms with Gasteiger partial charge in [-0.05, 0) is 24.6 Å². The summed E-state index contributed by atoms with van der Waals surface area (Å²) >= 11 is 5.76. The van der Waals surface area contributed by atoms with Gasteiger partial charge < -0.3 is 4.90 Å². The lowest BCUT2D eigenvalue weighted by Gasteiger charge is -2.20. The van der Waals surface area contributed by atoms with E-state index in [0.29, 0.717) is 18.1 Å². The Morgan fingerprint density at radius 2 is 2.29 bits per heavy atom. The summed E-state index contributed by atoms with van der Waals surface area (Å²) in [6.07, 6.45) is 2.43. The highest BCUT2D eigenvalue weighted by Gasteiger charge is 2.17. The van der Waals surface area contributed by atoms with E-state index in [9.17, 15) is 9.18 Å². The molecule has 0 aliphatic carbocycles. The molecule has 0 radical (unpaired) electrons. The van der Waals surface area contributed by atoms with Gasteiger partial charge in [-0.1, -0.05) is 24.6 Å². The molecule has 92 valence electrons. The fraction of sp³-hybridized carbons (Fsp3) is 0.308. The quantitative estimate of drug-likeness (QED) is 0.738. The molecule has 1 aromatic rings. The fourth-order valence-corrected chi connectivity index (χ4v) is 1.71. The second kappa shape index (κ2) is 6.40. The third-order valence-electron chi connectivity index (χ3n) is 2.29. The summed E-state index contributed by atoms with van der Waals surface area (Å²) in [5, 5.41) is 0.352. The van der Waals surface area contributed by atoms with Crippen molar-refractivity contribution in [2.45, 2.75) is 13.3 Å². The van der Waals surface area contributed by atoms with Crippen LogP contribution in [0.15, 0.2) is 30.9 Å². The van der Waals surface area contributed by atoms with Crippen molar-refractivity contribution in [2.24, 2.45) is 0 Å². The number of hydrogen-bond acceptors (Lipinski definition) is 1. The van der Waals surface area contributed by atoms with Gasteiger partial charge >= 0.3 is 0 Å². The number of benzene rings is 1. The monoisotopic (exact) mass is 255 g/mol. The van der Waals surface area contributed by atoms with Crippen molar-refractivity contribution in [3.05, 3.63) is 47.3 Å². The van der Waals surface area contributed by atoms with Gasteiger partial charge in [0.2, 0.25) is 0 Å². The molecule has 0 spiro atoms. The molecule has 0 N–H and O–H groups in total. The third kappa shape index (κ3) is 3.56. The first-order chi connectivity index (χ1) is 8.10. The van der Waals surface area contributed by atoms with E-state index in [0.717, 1.165) is 6.42 Å². The molecule has 1 amide bonds. The molecule has 4 heteroatoms. The van der Waals surface area contributed by atoms with Gasteiger partial charge in [-0.2, -0.15) is 0 Å². The third-order valence-corrected chi connectivity index (χ3v) is 2.52. The zero-order chi connectivity index (χ0) is 12.8. The average Bonchev–Trinajstić information content (AvgIpc) is 2.31. The molecule has 0 aromatic heterocycles. The van der Waals surface area contributed by atoms with Crippen molar-refractivity contribution in [2.75, 3.05) is 13.1 Å². The Bertz CT molecular complexity index is 420. The van der Waals surface area contributed by atoms with Crippen molar-refractivity contribution >= 4 is 17.5 Å². The van der Waals surface area contributed by atoms with Crippen LogP contribution in [0.3, 0.4) is 0 Å². The van der Waals surface area contributed by atoms with E-state index in [4.69, 9.17) is 11.6 Å². The highest BCUT2D eigenvalue weighted by Crippen LogP contribution is 2.17.